The Labute approximate surface area is 166 Å². The number of anilines is 1. The molecule has 2 heterocycles. The highest BCUT2D eigenvalue weighted by atomic mass is 32.2. The van der Waals surface area contributed by atoms with Gasteiger partial charge in [-0.2, -0.15) is 0 Å². The Morgan fingerprint density at radius 2 is 2.19 bits per heavy atom. The molecule has 0 aromatic carbocycles. The van der Waals surface area contributed by atoms with Crippen LogP contribution < -0.4 is 5.32 Å². The predicted octanol–water partition coefficient (Wildman–Crippen LogP) is 3.31. The molecule has 1 atom stereocenters. The molecule has 0 fully saturated rings. The van der Waals surface area contributed by atoms with Crippen molar-refractivity contribution >= 4 is 40.0 Å². The molecule has 0 spiro atoms. The lowest BCUT2D eigenvalue weighted by molar-refractivity contribution is -0.113. The van der Waals surface area contributed by atoms with Crippen LogP contribution in [0.4, 0.5) is 5.00 Å². The number of nitrogens with one attached hydrogen (secondary N) is 1. The second-order valence-electron chi connectivity index (χ2n) is 6.66. The van der Waals surface area contributed by atoms with Crippen molar-refractivity contribution in [3.63, 3.8) is 0 Å². The number of thioether (sulfide) groups is 1. The largest absolute Gasteiger partial charge is 0.465 e. The van der Waals surface area contributed by atoms with Crippen LogP contribution in [0.25, 0.3) is 0 Å². The molecule has 0 aliphatic heterocycles. The molecule has 0 saturated carbocycles. The summed E-state index contributed by atoms with van der Waals surface area (Å²) >= 11 is 2.84. The van der Waals surface area contributed by atoms with Gasteiger partial charge in [-0.25, -0.2) is 4.79 Å². The first-order valence-corrected chi connectivity index (χ1v) is 10.8. The van der Waals surface area contributed by atoms with Crippen molar-refractivity contribution in [1.29, 1.82) is 0 Å². The highest BCUT2D eigenvalue weighted by Gasteiger charge is 2.28. The molecule has 27 heavy (non-hydrogen) atoms. The van der Waals surface area contributed by atoms with Gasteiger partial charge in [0, 0.05) is 11.4 Å². The molecule has 1 aliphatic carbocycles. The van der Waals surface area contributed by atoms with Crippen LogP contribution in [0.15, 0.2) is 5.16 Å². The molecule has 0 bridgehead atoms. The first-order valence-electron chi connectivity index (χ1n) is 8.99. The van der Waals surface area contributed by atoms with Crippen molar-refractivity contribution in [2.45, 2.75) is 51.7 Å². The van der Waals surface area contributed by atoms with Gasteiger partial charge in [-0.1, -0.05) is 18.7 Å². The van der Waals surface area contributed by atoms with Crippen LogP contribution in [0.2, 0.25) is 0 Å². The van der Waals surface area contributed by atoms with E-state index in [1.54, 1.807) is 0 Å². The molecular formula is C18H24N4O3S2. The molecule has 1 N–H and O–H groups in total. The third-order valence-corrected chi connectivity index (χ3v) is 6.84. The van der Waals surface area contributed by atoms with E-state index in [2.05, 4.69) is 22.4 Å². The van der Waals surface area contributed by atoms with Crippen LogP contribution in [-0.4, -0.2) is 39.5 Å². The van der Waals surface area contributed by atoms with E-state index < -0.39 is 0 Å². The van der Waals surface area contributed by atoms with Gasteiger partial charge in [-0.3, -0.25) is 4.79 Å². The zero-order valence-corrected chi connectivity index (χ0v) is 17.6. The first kappa shape index (κ1) is 19.9. The smallest absolute Gasteiger partial charge is 0.341 e. The first-order chi connectivity index (χ1) is 12.9. The molecular weight excluding hydrogens is 384 g/mol. The van der Waals surface area contributed by atoms with Crippen molar-refractivity contribution in [2.75, 3.05) is 18.2 Å². The minimum absolute atomic E-state index is 0.167. The summed E-state index contributed by atoms with van der Waals surface area (Å²) in [6.07, 6.45) is 2.83. The summed E-state index contributed by atoms with van der Waals surface area (Å²) in [6, 6.07) is 0. The maximum atomic E-state index is 12.5. The molecule has 3 rings (SSSR count). The van der Waals surface area contributed by atoms with Crippen molar-refractivity contribution in [3.8, 4) is 0 Å². The number of carbonyl (C=O) groups is 2. The summed E-state index contributed by atoms with van der Waals surface area (Å²) in [5.74, 6) is 1.07. The van der Waals surface area contributed by atoms with Crippen LogP contribution >= 0.6 is 23.1 Å². The summed E-state index contributed by atoms with van der Waals surface area (Å²) in [7, 11) is 1.37. The van der Waals surface area contributed by atoms with Crippen LogP contribution in [0.1, 0.15) is 46.9 Å². The summed E-state index contributed by atoms with van der Waals surface area (Å²) in [6.45, 7) is 6.87. The van der Waals surface area contributed by atoms with Gasteiger partial charge in [0.15, 0.2) is 5.16 Å². The van der Waals surface area contributed by atoms with E-state index in [1.807, 2.05) is 18.4 Å². The van der Waals surface area contributed by atoms with Gasteiger partial charge in [-0.15, -0.1) is 21.5 Å². The Hall–Kier alpha value is -1.87. The van der Waals surface area contributed by atoms with Crippen LogP contribution in [0, 0.1) is 12.8 Å². The molecule has 2 aromatic heterocycles. The third-order valence-electron chi connectivity index (χ3n) is 4.70. The topological polar surface area (TPSA) is 86.1 Å². The number of methoxy groups -OCH3 is 1. The molecule has 0 radical (unpaired) electrons. The second-order valence-corrected chi connectivity index (χ2v) is 8.71. The zero-order valence-electron chi connectivity index (χ0n) is 16.0. The van der Waals surface area contributed by atoms with Gasteiger partial charge >= 0.3 is 5.97 Å². The van der Waals surface area contributed by atoms with Gasteiger partial charge in [0.05, 0.1) is 18.4 Å². The number of ether oxygens (including phenoxy) is 1. The molecule has 1 amide bonds. The SMILES string of the molecule is CCn1c(C)nnc1SCC(=O)Nc1sc2c(c1C(=O)OC)CCC(C)C2. The molecule has 9 heteroatoms. The van der Waals surface area contributed by atoms with E-state index in [1.165, 1.54) is 35.1 Å². The van der Waals surface area contributed by atoms with E-state index in [-0.39, 0.29) is 17.6 Å². The van der Waals surface area contributed by atoms with Crippen molar-refractivity contribution in [1.82, 2.24) is 14.8 Å². The molecule has 0 saturated heterocycles. The highest BCUT2D eigenvalue weighted by molar-refractivity contribution is 7.99. The van der Waals surface area contributed by atoms with E-state index in [4.69, 9.17) is 4.74 Å². The number of hydrogen-bond donors (Lipinski definition) is 1. The van der Waals surface area contributed by atoms with Crippen molar-refractivity contribution in [2.24, 2.45) is 5.92 Å². The normalized spacial score (nSPS) is 16.1. The van der Waals surface area contributed by atoms with E-state index in [0.29, 0.717) is 16.5 Å². The summed E-state index contributed by atoms with van der Waals surface area (Å²) < 4.78 is 6.92. The van der Waals surface area contributed by atoms with Crippen LogP contribution in [0.5, 0.6) is 0 Å². The number of aromatic nitrogens is 3. The molecule has 1 aliphatic rings. The van der Waals surface area contributed by atoms with Gasteiger partial charge < -0.3 is 14.6 Å². The summed E-state index contributed by atoms with van der Waals surface area (Å²) in [5.41, 5.74) is 1.56. The minimum atomic E-state index is -0.383. The van der Waals surface area contributed by atoms with Crippen molar-refractivity contribution < 1.29 is 14.3 Å². The third kappa shape index (κ3) is 4.19. The lowest BCUT2D eigenvalue weighted by Gasteiger charge is -2.18. The number of fused-ring (bicyclic) bond motifs is 1. The highest BCUT2D eigenvalue weighted by Crippen LogP contribution is 2.40. The lowest BCUT2D eigenvalue weighted by Crippen LogP contribution is -2.17. The van der Waals surface area contributed by atoms with Gasteiger partial charge in [0.1, 0.15) is 10.8 Å². The number of rotatable bonds is 6. The summed E-state index contributed by atoms with van der Waals surface area (Å²) in [4.78, 5) is 26.0. The fourth-order valence-corrected chi connectivity index (χ4v) is 5.55. The summed E-state index contributed by atoms with van der Waals surface area (Å²) in [5, 5.41) is 12.4. The van der Waals surface area contributed by atoms with E-state index >= 15 is 0 Å². The molecule has 7 nitrogen and oxygen atoms in total. The lowest BCUT2D eigenvalue weighted by atomic mass is 9.88. The maximum absolute atomic E-state index is 12.5. The average Bonchev–Trinajstić information content (AvgIpc) is 3.18. The number of aryl methyl sites for hydroxylation is 1. The van der Waals surface area contributed by atoms with Crippen LogP contribution in [-0.2, 0) is 28.9 Å². The van der Waals surface area contributed by atoms with E-state index in [0.717, 1.165) is 42.4 Å². The average molecular weight is 409 g/mol. The Morgan fingerprint density at radius 1 is 1.41 bits per heavy atom. The quantitative estimate of drug-likeness (QED) is 0.583. The number of thiophene rings is 1. The Kier molecular flexibility index (Phi) is 6.21. The second kappa shape index (κ2) is 8.43. The molecule has 146 valence electrons. The van der Waals surface area contributed by atoms with Gasteiger partial charge in [0.2, 0.25) is 5.91 Å². The maximum Gasteiger partial charge on any atom is 0.341 e. The number of amides is 1. The van der Waals surface area contributed by atoms with Gasteiger partial charge in [0.25, 0.3) is 0 Å². The number of carbonyl (C=O) groups excluding carboxylic acids is 2. The number of hydrogen-bond acceptors (Lipinski definition) is 7. The molecule has 2 aromatic rings. The monoisotopic (exact) mass is 408 g/mol. The Morgan fingerprint density at radius 3 is 2.89 bits per heavy atom. The van der Waals surface area contributed by atoms with Crippen molar-refractivity contribution in [3.05, 3.63) is 21.8 Å². The number of nitrogens with zero attached hydrogens (tertiary/aromatic N) is 3. The molecule has 1 unspecified atom stereocenters. The standard InChI is InChI=1S/C18H24N4O3S2/c1-5-22-11(3)20-21-18(22)26-9-14(23)19-16-15(17(24)25-4)12-7-6-10(2)8-13(12)27-16/h10H,5-9H2,1-4H3,(H,19,23). The van der Waals surface area contributed by atoms with Crippen LogP contribution in [0.3, 0.4) is 0 Å². The van der Waals surface area contributed by atoms with Gasteiger partial charge in [-0.05, 0) is 44.6 Å². The predicted molar refractivity (Wildman–Crippen MR) is 107 cm³/mol. The zero-order chi connectivity index (χ0) is 19.6. The van der Waals surface area contributed by atoms with E-state index in [9.17, 15) is 9.59 Å². The fraction of sp³-hybridized carbons (Fsp3) is 0.556. The minimum Gasteiger partial charge on any atom is -0.465 e. The number of esters is 1. The Balaban J connectivity index is 1.74. The fourth-order valence-electron chi connectivity index (χ4n) is 3.28. The Bertz CT molecular complexity index is 859.